The maximum Gasteiger partial charge on any atom is 0.276 e. The summed E-state index contributed by atoms with van der Waals surface area (Å²) in [5.41, 5.74) is 3.23. The zero-order chi connectivity index (χ0) is 20.3. The lowest BCUT2D eigenvalue weighted by Gasteiger charge is -2.24. The predicted octanol–water partition coefficient (Wildman–Crippen LogP) is 3.95. The molecule has 30 heavy (non-hydrogen) atoms. The number of ether oxygens (including phenoxy) is 2. The number of amides is 1. The van der Waals surface area contributed by atoms with E-state index in [1.165, 1.54) is 0 Å². The number of guanidine groups is 1. The Morgan fingerprint density at radius 2 is 1.67 bits per heavy atom. The Morgan fingerprint density at radius 3 is 2.47 bits per heavy atom. The minimum Gasteiger partial charge on any atom is -0.454 e. The van der Waals surface area contributed by atoms with Gasteiger partial charge in [-0.3, -0.25) is 10.1 Å². The number of fused-ring (bicyclic) bond motifs is 1. The first-order valence-electron chi connectivity index (χ1n) is 9.64. The molecule has 2 heterocycles. The topological polar surface area (TPSA) is 63.2 Å². The van der Waals surface area contributed by atoms with Crippen molar-refractivity contribution in [1.82, 2.24) is 5.32 Å². The molecule has 0 bridgehead atoms. The highest BCUT2D eigenvalue weighted by atomic mass is 16.7. The number of aliphatic imine (C=N–C) groups is 1. The van der Waals surface area contributed by atoms with Crippen LogP contribution in [0, 0.1) is 0 Å². The zero-order valence-electron chi connectivity index (χ0n) is 16.1. The number of benzene rings is 3. The van der Waals surface area contributed by atoms with Crippen LogP contribution in [0.3, 0.4) is 0 Å². The molecule has 0 saturated heterocycles. The highest BCUT2D eigenvalue weighted by Crippen LogP contribution is 2.33. The zero-order valence-corrected chi connectivity index (χ0v) is 16.1. The van der Waals surface area contributed by atoms with Gasteiger partial charge in [-0.25, -0.2) is 4.99 Å². The number of nitrogens with one attached hydrogen (secondary N) is 1. The molecule has 1 amide bonds. The summed E-state index contributed by atoms with van der Waals surface area (Å²) in [4.78, 5) is 19.2. The van der Waals surface area contributed by atoms with E-state index in [0.717, 1.165) is 16.8 Å². The van der Waals surface area contributed by atoms with Crippen molar-refractivity contribution >= 4 is 23.6 Å². The maximum absolute atomic E-state index is 12.6. The second kappa shape index (κ2) is 7.75. The van der Waals surface area contributed by atoms with Gasteiger partial charge in [0.1, 0.15) is 5.70 Å². The molecule has 0 saturated carbocycles. The van der Waals surface area contributed by atoms with E-state index in [4.69, 9.17) is 9.47 Å². The molecule has 148 valence electrons. The monoisotopic (exact) mass is 397 g/mol. The number of carbonyl (C=O) groups is 1. The molecule has 0 aliphatic carbocycles. The van der Waals surface area contributed by atoms with Gasteiger partial charge in [-0.1, -0.05) is 54.6 Å². The number of hydrogen-bond acceptors (Lipinski definition) is 5. The SMILES string of the molecule is O=C1NC(N(Cc2ccccc2)c2ccccc2)=N/C1=C\c1ccc2c(c1)OCO2. The lowest BCUT2D eigenvalue weighted by molar-refractivity contribution is -0.115. The number of para-hydroxylation sites is 1. The van der Waals surface area contributed by atoms with E-state index in [1.807, 2.05) is 71.6 Å². The Labute approximate surface area is 174 Å². The van der Waals surface area contributed by atoms with Crippen LogP contribution in [0.25, 0.3) is 6.08 Å². The first-order valence-corrected chi connectivity index (χ1v) is 9.64. The van der Waals surface area contributed by atoms with Gasteiger partial charge < -0.3 is 14.4 Å². The van der Waals surface area contributed by atoms with Crippen LogP contribution < -0.4 is 19.7 Å². The molecule has 0 radical (unpaired) electrons. The summed E-state index contributed by atoms with van der Waals surface area (Å²) >= 11 is 0. The van der Waals surface area contributed by atoms with Gasteiger partial charge in [0, 0.05) is 5.69 Å². The van der Waals surface area contributed by atoms with E-state index in [-0.39, 0.29) is 12.7 Å². The molecule has 0 fully saturated rings. The Hall–Kier alpha value is -4.06. The number of hydrogen-bond donors (Lipinski definition) is 1. The smallest absolute Gasteiger partial charge is 0.276 e. The van der Waals surface area contributed by atoms with Crippen LogP contribution in [0.15, 0.2) is 89.6 Å². The summed E-state index contributed by atoms with van der Waals surface area (Å²) in [5.74, 6) is 1.64. The molecule has 6 heteroatoms. The van der Waals surface area contributed by atoms with E-state index in [0.29, 0.717) is 29.7 Å². The molecule has 0 aromatic heterocycles. The van der Waals surface area contributed by atoms with E-state index >= 15 is 0 Å². The fourth-order valence-corrected chi connectivity index (χ4v) is 3.41. The summed E-state index contributed by atoms with van der Waals surface area (Å²) in [6, 6.07) is 25.5. The first kappa shape index (κ1) is 18.0. The van der Waals surface area contributed by atoms with Crippen molar-refractivity contribution in [2.45, 2.75) is 6.54 Å². The summed E-state index contributed by atoms with van der Waals surface area (Å²) < 4.78 is 10.8. The molecule has 6 nitrogen and oxygen atoms in total. The van der Waals surface area contributed by atoms with Crippen molar-refractivity contribution in [2.75, 3.05) is 11.7 Å². The molecule has 3 aromatic carbocycles. The van der Waals surface area contributed by atoms with Gasteiger partial charge in [-0.2, -0.15) is 0 Å². The van der Waals surface area contributed by atoms with Gasteiger partial charge in [0.2, 0.25) is 12.8 Å². The summed E-state index contributed by atoms with van der Waals surface area (Å²) in [5, 5.41) is 2.91. The summed E-state index contributed by atoms with van der Waals surface area (Å²) in [7, 11) is 0. The average molecular weight is 397 g/mol. The number of nitrogens with zero attached hydrogens (tertiary/aromatic N) is 2. The van der Waals surface area contributed by atoms with E-state index in [9.17, 15) is 4.79 Å². The van der Waals surface area contributed by atoms with Gasteiger partial charge in [0.05, 0.1) is 6.54 Å². The second-order valence-electron chi connectivity index (χ2n) is 6.94. The van der Waals surface area contributed by atoms with Gasteiger partial charge >= 0.3 is 0 Å². The van der Waals surface area contributed by atoms with Crippen molar-refractivity contribution in [3.63, 3.8) is 0 Å². The molecular weight excluding hydrogens is 378 g/mol. The fourth-order valence-electron chi connectivity index (χ4n) is 3.41. The summed E-state index contributed by atoms with van der Waals surface area (Å²) in [6.45, 7) is 0.797. The molecule has 0 atom stereocenters. The average Bonchev–Trinajstić information content (AvgIpc) is 3.39. The molecule has 0 unspecified atom stereocenters. The predicted molar refractivity (Wildman–Crippen MR) is 115 cm³/mol. The standard InChI is InChI=1S/C24H19N3O3/c28-23-20(13-18-11-12-21-22(14-18)30-16-29-21)25-24(26-23)27(19-9-5-2-6-10-19)15-17-7-3-1-4-8-17/h1-14H,15-16H2,(H,25,26,28)/b20-13-. The highest BCUT2D eigenvalue weighted by Gasteiger charge is 2.26. The van der Waals surface area contributed by atoms with Gasteiger partial charge in [0.15, 0.2) is 11.5 Å². The van der Waals surface area contributed by atoms with Crippen LogP contribution in [-0.4, -0.2) is 18.7 Å². The molecule has 2 aliphatic heterocycles. The summed E-state index contributed by atoms with van der Waals surface area (Å²) in [6.07, 6.45) is 1.75. The molecule has 1 N–H and O–H groups in total. The molecule has 3 aromatic rings. The number of rotatable bonds is 4. The minimum absolute atomic E-state index is 0.212. The molecule has 2 aliphatic rings. The normalized spacial score (nSPS) is 15.8. The van der Waals surface area contributed by atoms with E-state index in [1.54, 1.807) is 6.08 Å². The van der Waals surface area contributed by atoms with Gasteiger partial charge in [-0.05, 0) is 41.5 Å². The first-order chi connectivity index (χ1) is 14.8. The molecule has 5 rings (SSSR count). The van der Waals surface area contributed by atoms with Crippen LogP contribution in [0.1, 0.15) is 11.1 Å². The van der Waals surface area contributed by atoms with Crippen LogP contribution in [-0.2, 0) is 11.3 Å². The Morgan fingerprint density at radius 1 is 0.933 bits per heavy atom. The van der Waals surface area contributed by atoms with Crippen LogP contribution in [0.4, 0.5) is 5.69 Å². The van der Waals surface area contributed by atoms with Crippen molar-refractivity contribution in [2.24, 2.45) is 4.99 Å². The van der Waals surface area contributed by atoms with E-state index < -0.39 is 0 Å². The quantitative estimate of drug-likeness (QED) is 0.677. The fraction of sp³-hybridized carbons (Fsp3) is 0.0833. The lowest BCUT2D eigenvalue weighted by Crippen LogP contribution is -2.40. The van der Waals surface area contributed by atoms with Crippen molar-refractivity contribution < 1.29 is 14.3 Å². The number of carbonyl (C=O) groups excluding carboxylic acids is 1. The lowest BCUT2D eigenvalue weighted by atomic mass is 10.1. The van der Waals surface area contributed by atoms with E-state index in [2.05, 4.69) is 22.4 Å². The molecule has 0 spiro atoms. The van der Waals surface area contributed by atoms with Crippen molar-refractivity contribution in [3.8, 4) is 11.5 Å². The largest absolute Gasteiger partial charge is 0.454 e. The van der Waals surface area contributed by atoms with Gasteiger partial charge in [-0.15, -0.1) is 0 Å². The third-order valence-corrected chi connectivity index (χ3v) is 4.89. The minimum atomic E-state index is -0.239. The van der Waals surface area contributed by atoms with Crippen LogP contribution >= 0.6 is 0 Å². The highest BCUT2D eigenvalue weighted by molar-refractivity contribution is 6.18. The Bertz CT molecular complexity index is 1140. The Kier molecular flexibility index (Phi) is 4.65. The van der Waals surface area contributed by atoms with Crippen LogP contribution in [0.2, 0.25) is 0 Å². The van der Waals surface area contributed by atoms with Crippen molar-refractivity contribution in [3.05, 3.63) is 95.7 Å². The molecular formula is C24H19N3O3. The Balaban J connectivity index is 1.48. The second-order valence-corrected chi connectivity index (χ2v) is 6.94. The number of anilines is 1. The third kappa shape index (κ3) is 3.63. The maximum atomic E-state index is 12.6. The van der Waals surface area contributed by atoms with Crippen LogP contribution in [0.5, 0.6) is 11.5 Å². The van der Waals surface area contributed by atoms with Gasteiger partial charge in [0.25, 0.3) is 5.91 Å². The van der Waals surface area contributed by atoms with Crippen molar-refractivity contribution in [1.29, 1.82) is 0 Å². The third-order valence-electron chi connectivity index (χ3n) is 4.89.